The summed E-state index contributed by atoms with van der Waals surface area (Å²) in [6, 6.07) is 0.575. The van der Waals surface area contributed by atoms with Crippen LogP contribution in [0.2, 0.25) is 0 Å². The number of ether oxygens (including phenoxy) is 2. The van der Waals surface area contributed by atoms with Gasteiger partial charge in [-0.15, -0.1) is 0 Å². The third-order valence-electron chi connectivity index (χ3n) is 6.78. The Kier molecular flexibility index (Phi) is 8.86. The molecule has 0 bridgehead atoms. The molecule has 2 saturated heterocycles. The first-order valence-corrected chi connectivity index (χ1v) is 15.4. The van der Waals surface area contributed by atoms with Gasteiger partial charge in [-0.25, -0.2) is 23.9 Å². The largest absolute Gasteiger partial charge is 0.481 e. The minimum atomic E-state index is -5.39. The lowest BCUT2D eigenvalue weighted by Gasteiger charge is -2.31. The van der Waals surface area contributed by atoms with Crippen LogP contribution in [0, 0.1) is 0 Å². The van der Waals surface area contributed by atoms with Gasteiger partial charge in [0.1, 0.15) is 60.7 Å². The SMILES string of the molecule is NC1=NC=NC2C1N=CN2[C@@H]1O[C@H](COP(=O)(O)OP(=O)(O)OCC2OC(n3ccc(N)nc3=O)C(O)C2O)C(O)C1O. The lowest BCUT2D eigenvalue weighted by atomic mass is 10.1. The average molecular weight is 654 g/mol. The van der Waals surface area contributed by atoms with Crippen molar-refractivity contribution in [2.75, 3.05) is 18.9 Å². The number of nitrogens with two attached hydrogens (primary N) is 2. The number of amidine groups is 1. The van der Waals surface area contributed by atoms with Gasteiger partial charge in [-0.05, 0) is 6.07 Å². The van der Waals surface area contributed by atoms with E-state index in [1.165, 1.54) is 23.6 Å². The topological polar surface area (TPSA) is 329 Å². The van der Waals surface area contributed by atoms with E-state index < -0.39 is 95.8 Å². The van der Waals surface area contributed by atoms with E-state index >= 15 is 0 Å². The van der Waals surface area contributed by atoms with Gasteiger partial charge in [0.05, 0.1) is 19.6 Å². The molecular formula is C19H28N8O14P2. The lowest BCUT2D eigenvalue weighted by Crippen LogP contribution is -2.51. The summed E-state index contributed by atoms with van der Waals surface area (Å²) in [4.78, 5) is 49.0. The number of aromatic nitrogens is 2. The van der Waals surface area contributed by atoms with Crippen LogP contribution >= 0.6 is 15.6 Å². The first-order valence-electron chi connectivity index (χ1n) is 12.4. The van der Waals surface area contributed by atoms with Gasteiger partial charge in [0.15, 0.2) is 18.6 Å². The van der Waals surface area contributed by atoms with E-state index in [2.05, 4.69) is 28.8 Å². The highest BCUT2D eigenvalue weighted by molar-refractivity contribution is 7.61. The van der Waals surface area contributed by atoms with E-state index in [4.69, 9.17) is 25.5 Å². The number of hydrogen-bond donors (Lipinski definition) is 8. The van der Waals surface area contributed by atoms with E-state index in [1.807, 2.05) is 0 Å². The molecule has 238 valence electrons. The van der Waals surface area contributed by atoms with E-state index in [9.17, 15) is 44.1 Å². The highest BCUT2D eigenvalue weighted by atomic mass is 31.3. The standard InChI is InChI=1S/C19H28N8O14P2/c20-9-1-2-26(19(32)25-9)17-13(30)11(28)7(39-17)3-37-42(33,34)41-43(35,36)38-4-8-12(29)14(31)18(40-8)27-6-24-10-15(21)22-5-23-16(10)27/h1-2,5-8,10-14,16-18,28-31H,3-4H2,(H,33,34)(H,35,36)(H2,20,25,32)(H2,21,22,23)/t7?,8-,10?,11?,12?,13?,14?,16?,17?,18-/m1/s1. The van der Waals surface area contributed by atoms with Crippen LogP contribution in [0.1, 0.15) is 6.23 Å². The number of phosphoric ester groups is 2. The number of fused-ring (bicyclic) bond motifs is 1. The molecule has 0 amide bonds. The highest BCUT2D eigenvalue weighted by Gasteiger charge is 2.51. The van der Waals surface area contributed by atoms with Crippen molar-refractivity contribution in [2.45, 2.75) is 61.3 Å². The van der Waals surface area contributed by atoms with Gasteiger partial charge in [0.2, 0.25) is 0 Å². The fourth-order valence-corrected chi connectivity index (χ4v) is 6.74. The maximum Gasteiger partial charge on any atom is 0.481 e. The summed E-state index contributed by atoms with van der Waals surface area (Å²) in [6.07, 6.45) is -9.34. The Hall–Kier alpha value is -2.69. The summed E-state index contributed by atoms with van der Waals surface area (Å²) in [6.45, 7) is -1.84. The Morgan fingerprint density at radius 2 is 1.49 bits per heavy atom. The predicted molar refractivity (Wildman–Crippen MR) is 140 cm³/mol. The van der Waals surface area contributed by atoms with Crippen molar-refractivity contribution >= 4 is 40.0 Å². The van der Waals surface area contributed by atoms with Crippen LogP contribution in [0.15, 0.2) is 32.0 Å². The van der Waals surface area contributed by atoms with Gasteiger partial charge in [-0.2, -0.15) is 9.29 Å². The molecule has 2 fully saturated rings. The number of aliphatic hydroxyl groups is 4. The molecule has 1 aromatic heterocycles. The van der Waals surface area contributed by atoms with Gasteiger partial charge in [-0.1, -0.05) is 0 Å². The number of nitrogens with zero attached hydrogens (tertiary/aromatic N) is 6. The van der Waals surface area contributed by atoms with Crippen molar-refractivity contribution in [2.24, 2.45) is 20.7 Å². The number of rotatable bonds is 10. The Morgan fingerprint density at radius 1 is 0.907 bits per heavy atom. The van der Waals surface area contributed by atoms with Crippen molar-refractivity contribution < 1.29 is 62.2 Å². The van der Waals surface area contributed by atoms with Crippen molar-refractivity contribution in [1.29, 1.82) is 0 Å². The van der Waals surface area contributed by atoms with Gasteiger partial charge in [-0.3, -0.25) is 18.6 Å². The zero-order valence-corrected chi connectivity index (χ0v) is 23.5. The predicted octanol–water partition coefficient (Wildman–Crippen LogP) is -4.42. The molecule has 0 radical (unpaired) electrons. The van der Waals surface area contributed by atoms with Gasteiger partial charge >= 0.3 is 21.3 Å². The van der Waals surface area contributed by atoms with E-state index in [-0.39, 0.29) is 11.7 Å². The highest BCUT2D eigenvalue weighted by Crippen LogP contribution is 2.60. The van der Waals surface area contributed by atoms with Crippen molar-refractivity contribution in [3.63, 3.8) is 0 Å². The molecule has 0 aliphatic carbocycles. The number of nitrogen functional groups attached to an aromatic ring is 1. The second-order valence-corrected chi connectivity index (χ2v) is 12.7. The van der Waals surface area contributed by atoms with E-state index in [0.29, 0.717) is 0 Å². The fraction of sp³-hybridized carbons (Fsp3) is 0.632. The number of aliphatic imine (C=N–C) groups is 3. The van der Waals surface area contributed by atoms with Gasteiger partial charge < -0.3 is 56.1 Å². The van der Waals surface area contributed by atoms with Crippen molar-refractivity contribution in [3.05, 3.63) is 22.7 Å². The lowest BCUT2D eigenvalue weighted by molar-refractivity contribution is -0.0772. The number of aliphatic hydroxyl groups excluding tert-OH is 4. The molecule has 10 unspecified atom stereocenters. The molecule has 10 N–H and O–H groups in total. The van der Waals surface area contributed by atoms with Crippen LogP contribution in [0.4, 0.5) is 5.82 Å². The van der Waals surface area contributed by atoms with Gasteiger partial charge in [0.25, 0.3) is 0 Å². The van der Waals surface area contributed by atoms with Crippen LogP contribution in [-0.2, 0) is 32.0 Å². The third kappa shape index (κ3) is 6.56. The van der Waals surface area contributed by atoms with Crippen LogP contribution in [0.5, 0.6) is 0 Å². The number of hydrogen-bond acceptors (Lipinski definition) is 19. The maximum atomic E-state index is 12.4. The molecule has 43 heavy (non-hydrogen) atoms. The molecule has 0 spiro atoms. The number of anilines is 1. The summed E-state index contributed by atoms with van der Waals surface area (Å²) in [5.41, 5.74) is 10.3. The second-order valence-electron chi connectivity index (χ2n) is 9.63. The molecule has 5 rings (SSSR count). The van der Waals surface area contributed by atoms with Crippen molar-refractivity contribution in [3.8, 4) is 0 Å². The smallest absolute Gasteiger partial charge is 0.387 e. The van der Waals surface area contributed by atoms with Crippen molar-refractivity contribution in [1.82, 2.24) is 14.5 Å². The maximum absolute atomic E-state index is 12.4. The minimum absolute atomic E-state index is 0.109. The number of phosphoric acid groups is 2. The molecule has 22 nitrogen and oxygen atoms in total. The average Bonchev–Trinajstić information content (AvgIpc) is 3.57. The molecule has 12 atom stereocenters. The Labute approximate surface area is 240 Å². The van der Waals surface area contributed by atoms with Crippen LogP contribution in [0.3, 0.4) is 0 Å². The molecule has 5 heterocycles. The second kappa shape index (κ2) is 12.0. The summed E-state index contributed by atoms with van der Waals surface area (Å²) >= 11 is 0. The summed E-state index contributed by atoms with van der Waals surface area (Å²) in [7, 11) is -10.8. The zero-order valence-electron chi connectivity index (χ0n) is 21.7. The third-order valence-corrected chi connectivity index (χ3v) is 9.38. The van der Waals surface area contributed by atoms with Crippen LogP contribution in [0.25, 0.3) is 0 Å². The molecule has 4 aliphatic heterocycles. The minimum Gasteiger partial charge on any atom is -0.387 e. The molecule has 24 heteroatoms. The first kappa shape index (κ1) is 31.7. The molecular weight excluding hydrogens is 626 g/mol. The molecule has 0 saturated carbocycles. The zero-order chi connectivity index (χ0) is 31.3. The van der Waals surface area contributed by atoms with Gasteiger partial charge in [0, 0.05) is 6.20 Å². The summed E-state index contributed by atoms with van der Waals surface area (Å²) < 4.78 is 50.1. The molecule has 0 aromatic carbocycles. The summed E-state index contributed by atoms with van der Waals surface area (Å²) in [5, 5.41) is 41.4. The quantitative estimate of drug-likeness (QED) is 0.110. The van der Waals surface area contributed by atoms with Crippen LogP contribution < -0.4 is 17.2 Å². The summed E-state index contributed by atoms with van der Waals surface area (Å²) in [5.74, 6) is 0.0582. The molecule has 1 aromatic rings. The Balaban J connectivity index is 1.13. The molecule has 4 aliphatic rings. The fourth-order valence-electron chi connectivity index (χ4n) is 4.65. The normalized spacial score (nSPS) is 38.1. The first-order chi connectivity index (χ1) is 20.2. The van der Waals surface area contributed by atoms with Crippen LogP contribution in [-0.4, -0.2) is 131 Å². The monoisotopic (exact) mass is 654 g/mol. The van der Waals surface area contributed by atoms with E-state index in [0.717, 1.165) is 10.8 Å². The Bertz CT molecular complexity index is 1460. The van der Waals surface area contributed by atoms with E-state index in [1.54, 1.807) is 0 Å². The Morgan fingerprint density at radius 3 is 2.09 bits per heavy atom.